The van der Waals surface area contributed by atoms with Crippen molar-refractivity contribution < 1.29 is 9.26 Å². The van der Waals surface area contributed by atoms with Crippen molar-refractivity contribution in [2.24, 2.45) is 0 Å². The molecule has 0 atom stereocenters. The Morgan fingerprint density at radius 2 is 2.42 bits per heavy atom. The molecule has 3 rings (SSSR count). The van der Waals surface area contributed by atoms with Gasteiger partial charge >= 0.3 is 0 Å². The lowest BCUT2D eigenvalue weighted by molar-refractivity contribution is 0.104. The first-order chi connectivity index (χ1) is 9.40. The minimum absolute atomic E-state index is 0.502. The molecule has 0 unspecified atom stereocenters. The summed E-state index contributed by atoms with van der Waals surface area (Å²) >= 11 is 1.76. The Balaban J connectivity index is 1.35. The first kappa shape index (κ1) is 12.8. The second-order valence-electron chi connectivity index (χ2n) is 4.82. The lowest BCUT2D eigenvalue weighted by atomic mass is 10.3. The summed E-state index contributed by atoms with van der Waals surface area (Å²) in [4.78, 5) is 1.35. The summed E-state index contributed by atoms with van der Waals surface area (Å²) in [6.07, 6.45) is 3.54. The molecule has 0 saturated heterocycles. The van der Waals surface area contributed by atoms with Crippen LogP contribution in [0.3, 0.4) is 0 Å². The fourth-order valence-corrected chi connectivity index (χ4v) is 2.53. The summed E-state index contributed by atoms with van der Waals surface area (Å²) in [6, 6.07) is 6.86. The predicted molar refractivity (Wildman–Crippen MR) is 74.0 cm³/mol. The van der Waals surface area contributed by atoms with Gasteiger partial charge in [-0.3, -0.25) is 0 Å². The van der Waals surface area contributed by atoms with E-state index in [0.29, 0.717) is 12.6 Å². The van der Waals surface area contributed by atoms with Crippen LogP contribution in [0.2, 0.25) is 0 Å². The van der Waals surface area contributed by atoms with Gasteiger partial charge in [0.05, 0.1) is 12.3 Å². The molecule has 19 heavy (non-hydrogen) atoms. The van der Waals surface area contributed by atoms with Gasteiger partial charge in [0.25, 0.3) is 0 Å². The van der Waals surface area contributed by atoms with Crippen LogP contribution < -0.4 is 5.32 Å². The molecule has 2 heterocycles. The maximum Gasteiger partial charge on any atom is 0.162 e. The smallest absolute Gasteiger partial charge is 0.162 e. The van der Waals surface area contributed by atoms with E-state index in [0.717, 1.165) is 31.0 Å². The largest absolute Gasteiger partial charge is 0.373 e. The maximum atomic E-state index is 5.60. The first-order valence-corrected chi connectivity index (χ1v) is 7.56. The van der Waals surface area contributed by atoms with Crippen LogP contribution in [-0.4, -0.2) is 17.8 Å². The third-order valence-corrected chi connectivity index (χ3v) is 4.01. The molecule has 0 radical (unpaired) electrons. The minimum atomic E-state index is 0.502. The summed E-state index contributed by atoms with van der Waals surface area (Å²) in [5.41, 5.74) is 0.962. The highest BCUT2D eigenvalue weighted by Gasteiger charge is 2.20. The van der Waals surface area contributed by atoms with E-state index < -0.39 is 0 Å². The molecule has 1 saturated carbocycles. The predicted octanol–water partition coefficient (Wildman–Crippen LogP) is 2.75. The lowest BCUT2D eigenvalue weighted by Crippen LogP contribution is -2.15. The number of nitrogens with one attached hydrogen (secondary N) is 1. The third-order valence-electron chi connectivity index (χ3n) is 3.07. The van der Waals surface area contributed by atoms with Crippen molar-refractivity contribution in [2.75, 3.05) is 6.61 Å². The summed E-state index contributed by atoms with van der Waals surface area (Å²) in [6.45, 7) is 2.02. The minimum Gasteiger partial charge on any atom is -0.373 e. The Morgan fingerprint density at radius 1 is 1.47 bits per heavy atom. The Morgan fingerprint density at radius 3 is 3.21 bits per heavy atom. The molecule has 5 heteroatoms. The van der Waals surface area contributed by atoms with E-state index >= 15 is 0 Å². The van der Waals surface area contributed by atoms with E-state index in [2.05, 4.69) is 28.0 Å². The zero-order valence-electron chi connectivity index (χ0n) is 10.8. The normalized spacial score (nSPS) is 14.9. The van der Waals surface area contributed by atoms with E-state index in [1.165, 1.54) is 17.7 Å². The number of aromatic nitrogens is 1. The third kappa shape index (κ3) is 4.16. The van der Waals surface area contributed by atoms with Gasteiger partial charge in [-0.25, -0.2) is 0 Å². The second-order valence-corrected chi connectivity index (χ2v) is 5.85. The Kier molecular flexibility index (Phi) is 4.27. The SMILES string of the molecule is c1csc(CCOCc2cc(CNC3CC3)no2)c1. The van der Waals surface area contributed by atoms with Gasteiger partial charge in [0.2, 0.25) is 0 Å². The van der Waals surface area contributed by atoms with Crippen LogP contribution in [0.5, 0.6) is 0 Å². The molecule has 1 aliphatic rings. The fraction of sp³-hybridized carbons (Fsp3) is 0.500. The zero-order valence-corrected chi connectivity index (χ0v) is 11.6. The number of hydrogen-bond acceptors (Lipinski definition) is 5. The van der Waals surface area contributed by atoms with Gasteiger partial charge in [0.1, 0.15) is 6.61 Å². The quantitative estimate of drug-likeness (QED) is 0.754. The average Bonchev–Trinajstić information content (AvgIpc) is 2.91. The standard InChI is InChI=1S/C14H18N2O2S/c1-2-14(19-7-1)5-6-17-10-13-8-12(16-18-13)9-15-11-3-4-11/h1-2,7-8,11,15H,3-6,9-10H2. The second kappa shape index (κ2) is 6.32. The van der Waals surface area contributed by atoms with E-state index in [4.69, 9.17) is 9.26 Å². The molecule has 2 aromatic rings. The van der Waals surface area contributed by atoms with Crippen LogP contribution in [0.1, 0.15) is 29.2 Å². The monoisotopic (exact) mass is 278 g/mol. The summed E-state index contributed by atoms with van der Waals surface area (Å²) in [5.74, 6) is 0.804. The molecule has 102 valence electrons. The topological polar surface area (TPSA) is 47.3 Å². The highest BCUT2D eigenvalue weighted by atomic mass is 32.1. The lowest BCUT2D eigenvalue weighted by Gasteiger charge is -1.99. The van der Waals surface area contributed by atoms with Crippen LogP contribution in [0.15, 0.2) is 28.1 Å². The molecule has 0 aromatic carbocycles. The highest BCUT2D eigenvalue weighted by Crippen LogP contribution is 2.19. The molecule has 1 aliphatic carbocycles. The van der Waals surface area contributed by atoms with Crippen molar-refractivity contribution in [3.63, 3.8) is 0 Å². The Hall–Kier alpha value is -1.17. The Labute approximate surface area is 116 Å². The molecule has 1 fully saturated rings. The first-order valence-electron chi connectivity index (χ1n) is 6.68. The summed E-state index contributed by atoms with van der Waals surface area (Å²) in [7, 11) is 0. The van der Waals surface area contributed by atoms with Gasteiger partial charge in [-0.1, -0.05) is 11.2 Å². The van der Waals surface area contributed by atoms with E-state index in [1.807, 2.05) is 6.07 Å². The Bertz CT molecular complexity index is 491. The number of hydrogen-bond donors (Lipinski definition) is 1. The average molecular weight is 278 g/mol. The van der Waals surface area contributed by atoms with Gasteiger partial charge in [0, 0.05) is 30.0 Å². The maximum absolute atomic E-state index is 5.60. The van der Waals surface area contributed by atoms with Gasteiger partial charge in [-0.2, -0.15) is 0 Å². The van der Waals surface area contributed by atoms with Crippen molar-refractivity contribution >= 4 is 11.3 Å². The number of ether oxygens (including phenoxy) is 1. The van der Waals surface area contributed by atoms with Crippen LogP contribution >= 0.6 is 11.3 Å². The zero-order chi connectivity index (χ0) is 12.9. The molecule has 1 N–H and O–H groups in total. The number of thiophene rings is 1. The van der Waals surface area contributed by atoms with Crippen molar-refractivity contribution in [2.45, 2.75) is 38.5 Å². The van der Waals surface area contributed by atoms with E-state index in [-0.39, 0.29) is 0 Å². The van der Waals surface area contributed by atoms with Gasteiger partial charge in [-0.15, -0.1) is 11.3 Å². The molecule has 0 amide bonds. The molecular weight excluding hydrogens is 260 g/mol. The van der Waals surface area contributed by atoms with Gasteiger partial charge in [-0.05, 0) is 24.3 Å². The van der Waals surface area contributed by atoms with E-state index in [9.17, 15) is 0 Å². The van der Waals surface area contributed by atoms with Crippen molar-refractivity contribution in [3.8, 4) is 0 Å². The van der Waals surface area contributed by atoms with Crippen molar-refractivity contribution in [3.05, 3.63) is 39.9 Å². The van der Waals surface area contributed by atoms with E-state index in [1.54, 1.807) is 11.3 Å². The molecule has 0 spiro atoms. The van der Waals surface area contributed by atoms with Crippen LogP contribution in [0.25, 0.3) is 0 Å². The fourth-order valence-electron chi connectivity index (χ4n) is 1.84. The number of nitrogens with zero attached hydrogens (tertiary/aromatic N) is 1. The molecule has 0 bridgehead atoms. The van der Waals surface area contributed by atoms with Crippen molar-refractivity contribution in [1.29, 1.82) is 0 Å². The van der Waals surface area contributed by atoms with Gasteiger partial charge < -0.3 is 14.6 Å². The molecular formula is C14H18N2O2S. The molecule has 4 nitrogen and oxygen atoms in total. The van der Waals surface area contributed by atoms with Gasteiger partial charge in [0.15, 0.2) is 5.76 Å². The van der Waals surface area contributed by atoms with Crippen LogP contribution in [0.4, 0.5) is 0 Å². The molecule has 2 aromatic heterocycles. The van der Waals surface area contributed by atoms with Crippen molar-refractivity contribution in [1.82, 2.24) is 10.5 Å². The van der Waals surface area contributed by atoms with Crippen LogP contribution in [0, 0.1) is 0 Å². The highest BCUT2D eigenvalue weighted by molar-refractivity contribution is 7.09. The number of rotatable bonds is 8. The summed E-state index contributed by atoms with van der Waals surface area (Å²) < 4.78 is 10.8. The molecule has 0 aliphatic heterocycles. The van der Waals surface area contributed by atoms with Crippen LogP contribution in [-0.2, 0) is 24.3 Å². The summed E-state index contributed by atoms with van der Waals surface area (Å²) in [5, 5.41) is 9.53.